The molecule has 0 saturated heterocycles. The fourth-order valence-electron chi connectivity index (χ4n) is 1.98. The van der Waals surface area contributed by atoms with Crippen LogP contribution in [0.15, 0.2) is 30.5 Å². The molecule has 1 aromatic carbocycles. The van der Waals surface area contributed by atoms with E-state index in [1.54, 1.807) is 6.20 Å². The van der Waals surface area contributed by atoms with Crippen molar-refractivity contribution in [3.8, 4) is 0 Å². The normalized spacial score (nSPS) is 10.9. The maximum atomic E-state index is 11.9. The number of benzene rings is 1. The third-order valence-corrected chi connectivity index (χ3v) is 3.15. The molecule has 0 fully saturated rings. The average Bonchev–Trinajstić information content (AvgIpc) is 2.87. The van der Waals surface area contributed by atoms with Crippen molar-refractivity contribution < 1.29 is 4.79 Å². The lowest BCUT2D eigenvalue weighted by molar-refractivity contribution is -0.116. The van der Waals surface area contributed by atoms with Crippen LogP contribution >= 0.6 is 0 Å². The minimum Gasteiger partial charge on any atom is -0.330 e. The average molecular weight is 287 g/mol. The second kappa shape index (κ2) is 6.99. The lowest BCUT2D eigenvalue weighted by Crippen LogP contribution is -2.19. The standard InChI is InChI=1S/C15H21N5O/c1-11(2)12-3-5-13(6-4-12)17-15(21)10-20-9-14(7-8-16)18-19-20/h3-6,9,11H,7-8,10,16H2,1-2H3,(H,17,21). The maximum Gasteiger partial charge on any atom is 0.246 e. The van der Waals surface area contributed by atoms with Crippen molar-refractivity contribution in [3.63, 3.8) is 0 Å². The number of aromatic nitrogens is 3. The molecule has 3 N–H and O–H groups in total. The van der Waals surface area contributed by atoms with E-state index in [9.17, 15) is 4.79 Å². The van der Waals surface area contributed by atoms with Gasteiger partial charge in [-0.1, -0.05) is 31.2 Å². The summed E-state index contributed by atoms with van der Waals surface area (Å²) < 4.78 is 1.52. The number of hydrogen-bond donors (Lipinski definition) is 2. The summed E-state index contributed by atoms with van der Waals surface area (Å²) in [6.45, 7) is 4.94. The third kappa shape index (κ3) is 4.39. The zero-order valence-electron chi connectivity index (χ0n) is 12.4. The van der Waals surface area contributed by atoms with Crippen molar-refractivity contribution in [1.29, 1.82) is 0 Å². The molecule has 6 heteroatoms. The molecular formula is C15H21N5O. The fourth-order valence-corrected chi connectivity index (χ4v) is 1.98. The number of nitrogens with one attached hydrogen (secondary N) is 1. The molecule has 6 nitrogen and oxygen atoms in total. The van der Waals surface area contributed by atoms with Gasteiger partial charge in [0.05, 0.1) is 5.69 Å². The molecule has 2 aromatic rings. The van der Waals surface area contributed by atoms with Gasteiger partial charge in [0, 0.05) is 18.3 Å². The van der Waals surface area contributed by atoms with Crippen LogP contribution in [0, 0.1) is 0 Å². The summed E-state index contributed by atoms with van der Waals surface area (Å²) in [4.78, 5) is 11.9. The lowest BCUT2D eigenvalue weighted by Gasteiger charge is -2.08. The Kier molecular flexibility index (Phi) is 5.05. The number of anilines is 1. The van der Waals surface area contributed by atoms with E-state index < -0.39 is 0 Å². The first-order chi connectivity index (χ1) is 10.1. The third-order valence-electron chi connectivity index (χ3n) is 3.15. The second-order valence-electron chi connectivity index (χ2n) is 5.27. The molecule has 21 heavy (non-hydrogen) atoms. The van der Waals surface area contributed by atoms with Crippen LogP contribution in [0.3, 0.4) is 0 Å². The minimum absolute atomic E-state index is 0.128. The Bertz CT molecular complexity index is 588. The Morgan fingerprint density at radius 1 is 1.33 bits per heavy atom. The Morgan fingerprint density at radius 3 is 2.67 bits per heavy atom. The van der Waals surface area contributed by atoms with Crippen LogP contribution in [-0.4, -0.2) is 27.4 Å². The molecule has 0 atom stereocenters. The second-order valence-corrected chi connectivity index (χ2v) is 5.27. The Labute approximate surface area is 124 Å². The van der Waals surface area contributed by atoms with Gasteiger partial charge in [-0.3, -0.25) is 4.79 Å². The van der Waals surface area contributed by atoms with E-state index in [4.69, 9.17) is 5.73 Å². The number of rotatable bonds is 6. The van der Waals surface area contributed by atoms with Crippen molar-refractivity contribution in [3.05, 3.63) is 41.7 Å². The van der Waals surface area contributed by atoms with Crippen molar-refractivity contribution >= 4 is 11.6 Å². The molecular weight excluding hydrogens is 266 g/mol. The molecule has 0 spiro atoms. The summed E-state index contributed by atoms with van der Waals surface area (Å²) in [7, 11) is 0. The van der Waals surface area contributed by atoms with Gasteiger partial charge in [-0.25, -0.2) is 4.68 Å². The zero-order chi connectivity index (χ0) is 15.2. The highest BCUT2D eigenvalue weighted by Gasteiger charge is 2.07. The van der Waals surface area contributed by atoms with Gasteiger partial charge in [-0.15, -0.1) is 5.10 Å². The largest absolute Gasteiger partial charge is 0.330 e. The van der Waals surface area contributed by atoms with Crippen LogP contribution in [0.5, 0.6) is 0 Å². The number of carbonyl (C=O) groups excluding carboxylic acids is 1. The van der Waals surface area contributed by atoms with E-state index in [1.165, 1.54) is 10.2 Å². The highest BCUT2D eigenvalue weighted by molar-refractivity contribution is 5.90. The first kappa shape index (κ1) is 15.2. The van der Waals surface area contributed by atoms with E-state index in [0.29, 0.717) is 18.9 Å². The Balaban J connectivity index is 1.91. The van der Waals surface area contributed by atoms with E-state index in [1.807, 2.05) is 24.3 Å². The molecule has 0 unspecified atom stereocenters. The topological polar surface area (TPSA) is 85.8 Å². The van der Waals surface area contributed by atoms with Gasteiger partial charge in [0.15, 0.2) is 0 Å². The SMILES string of the molecule is CC(C)c1ccc(NC(=O)Cn2cc(CCN)nn2)cc1. The van der Waals surface area contributed by atoms with E-state index in [0.717, 1.165) is 11.4 Å². The van der Waals surface area contributed by atoms with Crippen LogP contribution in [-0.2, 0) is 17.8 Å². The molecule has 1 amide bonds. The van der Waals surface area contributed by atoms with Crippen LogP contribution in [0.1, 0.15) is 31.0 Å². The van der Waals surface area contributed by atoms with Crippen molar-refractivity contribution in [2.24, 2.45) is 5.73 Å². The van der Waals surface area contributed by atoms with E-state index in [2.05, 4.69) is 29.5 Å². The van der Waals surface area contributed by atoms with Gasteiger partial charge < -0.3 is 11.1 Å². The first-order valence-electron chi connectivity index (χ1n) is 7.07. The van der Waals surface area contributed by atoms with Crippen molar-refractivity contribution in [1.82, 2.24) is 15.0 Å². The molecule has 2 rings (SSSR count). The van der Waals surface area contributed by atoms with Gasteiger partial charge in [0.1, 0.15) is 6.54 Å². The van der Waals surface area contributed by atoms with Crippen LogP contribution < -0.4 is 11.1 Å². The molecule has 0 bridgehead atoms. The number of amides is 1. The highest BCUT2D eigenvalue weighted by atomic mass is 16.2. The Morgan fingerprint density at radius 2 is 2.05 bits per heavy atom. The van der Waals surface area contributed by atoms with Crippen molar-refractivity contribution in [2.45, 2.75) is 32.7 Å². The van der Waals surface area contributed by atoms with Gasteiger partial charge in [0.25, 0.3) is 0 Å². The number of carbonyl (C=O) groups is 1. The minimum atomic E-state index is -0.128. The summed E-state index contributed by atoms with van der Waals surface area (Å²) >= 11 is 0. The van der Waals surface area contributed by atoms with Crippen LogP contribution in [0.4, 0.5) is 5.69 Å². The number of hydrogen-bond acceptors (Lipinski definition) is 4. The number of nitrogens with zero attached hydrogens (tertiary/aromatic N) is 3. The summed E-state index contributed by atoms with van der Waals surface area (Å²) in [5.74, 6) is 0.349. The molecule has 0 aliphatic carbocycles. The molecule has 0 aliphatic heterocycles. The molecule has 112 valence electrons. The van der Waals surface area contributed by atoms with Crippen molar-refractivity contribution in [2.75, 3.05) is 11.9 Å². The fraction of sp³-hybridized carbons (Fsp3) is 0.400. The molecule has 1 aromatic heterocycles. The quantitative estimate of drug-likeness (QED) is 0.844. The van der Waals surface area contributed by atoms with Gasteiger partial charge in [0.2, 0.25) is 5.91 Å². The molecule has 0 saturated carbocycles. The lowest BCUT2D eigenvalue weighted by atomic mass is 10.0. The van der Waals surface area contributed by atoms with Gasteiger partial charge in [-0.05, 0) is 30.2 Å². The van der Waals surface area contributed by atoms with E-state index in [-0.39, 0.29) is 12.5 Å². The van der Waals surface area contributed by atoms with E-state index >= 15 is 0 Å². The van der Waals surface area contributed by atoms with Crippen LogP contribution in [0.25, 0.3) is 0 Å². The zero-order valence-corrected chi connectivity index (χ0v) is 12.4. The van der Waals surface area contributed by atoms with Crippen LogP contribution in [0.2, 0.25) is 0 Å². The monoisotopic (exact) mass is 287 g/mol. The summed E-state index contributed by atoms with van der Waals surface area (Å²) in [5, 5.41) is 10.7. The predicted molar refractivity (Wildman–Crippen MR) is 81.9 cm³/mol. The molecule has 1 heterocycles. The smallest absolute Gasteiger partial charge is 0.246 e. The summed E-state index contributed by atoms with van der Waals surface area (Å²) in [6.07, 6.45) is 2.41. The first-order valence-corrected chi connectivity index (χ1v) is 7.07. The van der Waals surface area contributed by atoms with Gasteiger partial charge >= 0.3 is 0 Å². The Hall–Kier alpha value is -2.21. The summed E-state index contributed by atoms with van der Waals surface area (Å²) in [6, 6.07) is 7.87. The summed E-state index contributed by atoms with van der Waals surface area (Å²) in [5.41, 5.74) is 8.28. The molecule has 0 aliphatic rings. The van der Waals surface area contributed by atoms with Gasteiger partial charge in [-0.2, -0.15) is 0 Å². The number of nitrogens with two attached hydrogens (primary N) is 1. The molecule has 0 radical (unpaired) electrons. The maximum absolute atomic E-state index is 11.9. The highest BCUT2D eigenvalue weighted by Crippen LogP contribution is 2.17. The predicted octanol–water partition coefficient (Wildman–Crippen LogP) is 1.54.